The van der Waals surface area contributed by atoms with E-state index in [2.05, 4.69) is 20.7 Å². The van der Waals surface area contributed by atoms with E-state index in [4.69, 9.17) is 5.84 Å². The van der Waals surface area contributed by atoms with Crippen LogP contribution in [-0.2, 0) is 7.05 Å². The summed E-state index contributed by atoms with van der Waals surface area (Å²) in [5, 5.41) is 12.9. The van der Waals surface area contributed by atoms with Crippen molar-refractivity contribution < 1.29 is 0 Å². The van der Waals surface area contributed by atoms with E-state index in [1.54, 1.807) is 10.9 Å². The van der Waals surface area contributed by atoms with E-state index in [-0.39, 0.29) is 0 Å². The van der Waals surface area contributed by atoms with E-state index in [1.807, 2.05) is 14.0 Å². The molecule has 0 unspecified atom stereocenters. The number of hydrogen-bond donors (Lipinski definition) is 2. The van der Waals surface area contributed by atoms with Gasteiger partial charge < -0.3 is 5.43 Å². The van der Waals surface area contributed by atoms with E-state index in [9.17, 15) is 0 Å². The molecule has 6 heteroatoms. The third-order valence-corrected chi connectivity index (χ3v) is 1.96. The zero-order valence-electron chi connectivity index (χ0n) is 7.44. The van der Waals surface area contributed by atoms with Crippen molar-refractivity contribution in [3.8, 4) is 0 Å². The number of fused-ring (bicyclic) bond motifs is 1. The molecule has 6 nitrogen and oxygen atoms in total. The first-order valence-electron chi connectivity index (χ1n) is 3.85. The maximum Gasteiger partial charge on any atom is 0.182 e. The van der Waals surface area contributed by atoms with Gasteiger partial charge in [-0.25, -0.2) is 4.68 Å². The molecule has 3 N–H and O–H groups in total. The Labute approximate surface area is 74.7 Å². The fourth-order valence-corrected chi connectivity index (χ4v) is 1.39. The molecule has 2 rings (SSSR count). The first-order valence-corrected chi connectivity index (χ1v) is 3.85. The summed E-state index contributed by atoms with van der Waals surface area (Å²) in [6, 6.07) is 0. The lowest BCUT2D eigenvalue weighted by Crippen LogP contribution is -2.08. The summed E-state index contributed by atoms with van der Waals surface area (Å²) in [5.41, 5.74) is 4.93. The van der Waals surface area contributed by atoms with E-state index in [0.717, 1.165) is 22.4 Å². The first kappa shape index (κ1) is 7.93. The summed E-state index contributed by atoms with van der Waals surface area (Å²) in [6.45, 7) is 1.91. The average molecular weight is 178 g/mol. The number of nitrogens with zero attached hydrogens (tertiary/aromatic N) is 4. The number of rotatable bonds is 1. The van der Waals surface area contributed by atoms with E-state index in [1.165, 1.54) is 0 Å². The van der Waals surface area contributed by atoms with Crippen LogP contribution in [0.4, 0.5) is 5.69 Å². The van der Waals surface area contributed by atoms with Crippen LogP contribution < -0.4 is 11.3 Å². The molecule has 0 atom stereocenters. The van der Waals surface area contributed by atoms with Crippen molar-refractivity contribution in [2.75, 3.05) is 5.43 Å². The molecule has 2 heterocycles. The Hall–Kier alpha value is -1.69. The minimum Gasteiger partial charge on any atom is -0.322 e. The second-order valence-electron chi connectivity index (χ2n) is 2.81. The van der Waals surface area contributed by atoms with Gasteiger partial charge in [0.15, 0.2) is 5.65 Å². The van der Waals surface area contributed by atoms with Crippen LogP contribution in [-0.4, -0.2) is 20.0 Å². The Kier molecular flexibility index (Phi) is 1.63. The van der Waals surface area contributed by atoms with Crippen LogP contribution in [0, 0.1) is 6.92 Å². The maximum atomic E-state index is 5.34. The molecule has 2 aromatic rings. The smallest absolute Gasteiger partial charge is 0.182 e. The van der Waals surface area contributed by atoms with E-state index < -0.39 is 0 Å². The third kappa shape index (κ3) is 1.03. The van der Waals surface area contributed by atoms with Crippen LogP contribution >= 0.6 is 0 Å². The molecule has 0 radical (unpaired) electrons. The molecule has 2 aromatic heterocycles. The second kappa shape index (κ2) is 2.67. The fraction of sp³-hybridized carbons (Fsp3) is 0.286. The Bertz CT molecular complexity index is 445. The highest BCUT2D eigenvalue weighted by Crippen LogP contribution is 2.21. The van der Waals surface area contributed by atoms with Crippen molar-refractivity contribution in [3.05, 3.63) is 11.9 Å². The minimum absolute atomic E-state index is 0.730. The number of hydrogen-bond acceptors (Lipinski definition) is 5. The van der Waals surface area contributed by atoms with Crippen molar-refractivity contribution >= 4 is 16.7 Å². The van der Waals surface area contributed by atoms with Crippen LogP contribution in [0.25, 0.3) is 11.0 Å². The van der Waals surface area contributed by atoms with Crippen molar-refractivity contribution in [1.29, 1.82) is 0 Å². The number of anilines is 1. The number of nitrogen functional groups attached to an aromatic ring is 1. The van der Waals surface area contributed by atoms with Crippen LogP contribution in [0.3, 0.4) is 0 Å². The average Bonchev–Trinajstić information content (AvgIpc) is 2.43. The van der Waals surface area contributed by atoms with Gasteiger partial charge in [0.05, 0.1) is 23.0 Å². The van der Waals surface area contributed by atoms with Crippen molar-refractivity contribution in [3.63, 3.8) is 0 Å². The van der Waals surface area contributed by atoms with Crippen molar-refractivity contribution in [2.45, 2.75) is 6.92 Å². The fourth-order valence-electron chi connectivity index (χ4n) is 1.39. The summed E-state index contributed by atoms with van der Waals surface area (Å²) < 4.78 is 1.68. The molecular formula is C7H10N6. The lowest BCUT2D eigenvalue weighted by atomic mass is 10.3. The molecule has 0 aliphatic heterocycles. The Morgan fingerprint density at radius 3 is 3.00 bits per heavy atom. The molecule has 0 saturated heterocycles. The lowest BCUT2D eigenvalue weighted by Gasteiger charge is -1.99. The Balaban J connectivity index is 2.88. The number of aryl methyl sites for hydroxylation is 2. The zero-order chi connectivity index (χ0) is 9.42. The molecule has 0 aliphatic carbocycles. The van der Waals surface area contributed by atoms with Gasteiger partial charge in [0, 0.05) is 7.05 Å². The molecule has 68 valence electrons. The number of nitrogens with one attached hydrogen (secondary N) is 1. The molecular weight excluding hydrogens is 168 g/mol. The summed E-state index contributed by atoms with van der Waals surface area (Å²) >= 11 is 0. The molecule has 0 spiro atoms. The van der Waals surface area contributed by atoms with Gasteiger partial charge in [0.25, 0.3) is 0 Å². The summed E-state index contributed by atoms with van der Waals surface area (Å²) in [4.78, 5) is 0. The van der Waals surface area contributed by atoms with Crippen molar-refractivity contribution in [1.82, 2.24) is 20.0 Å². The molecule has 0 fully saturated rings. The largest absolute Gasteiger partial charge is 0.322 e. The van der Waals surface area contributed by atoms with Gasteiger partial charge in [-0.15, -0.1) is 5.10 Å². The predicted molar refractivity (Wildman–Crippen MR) is 48.9 cm³/mol. The summed E-state index contributed by atoms with van der Waals surface area (Å²) in [5.74, 6) is 5.34. The molecule has 0 bridgehead atoms. The van der Waals surface area contributed by atoms with Crippen LogP contribution in [0.2, 0.25) is 0 Å². The Morgan fingerprint density at radius 2 is 2.31 bits per heavy atom. The van der Waals surface area contributed by atoms with Crippen LogP contribution in [0.1, 0.15) is 5.69 Å². The van der Waals surface area contributed by atoms with E-state index >= 15 is 0 Å². The molecule has 0 aliphatic rings. The third-order valence-electron chi connectivity index (χ3n) is 1.96. The second-order valence-corrected chi connectivity index (χ2v) is 2.81. The number of nitrogens with two attached hydrogens (primary N) is 1. The Morgan fingerprint density at radius 1 is 1.54 bits per heavy atom. The minimum atomic E-state index is 0.730. The SMILES string of the molecule is Cc1nn(C)c2nncc(NN)c12. The van der Waals surface area contributed by atoms with Crippen molar-refractivity contribution in [2.24, 2.45) is 12.9 Å². The molecule has 13 heavy (non-hydrogen) atoms. The molecule has 0 aromatic carbocycles. The standard InChI is InChI=1S/C7H10N6/c1-4-6-5(10-8)3-9-11-7(6)13(2)12-4/h3H,8H2,1-2H3,(H,10,11). The van der Waals surface area contributed by atoms with Gasteiger partial charge in [0.2, 0.25) is 0 Å². The van der Waals surface area contributed by atoms with Gasteiger partial charge in [-0.05, 0) is 6.92 Å². The monoisotopic (exact) mass is 178 g/mol. The van der Waals surface area contributed by atoms with Gasteiger partial charge in [-0.1, -0.05) is 0 Å². The van der Waals surface area contributed by atoms with Gasteiger partial charge in [-0.3, -0.25) is 5.84 Å². The summed E-state index contributed by atoms with van der Waals surface area (Å²) in [6.07, 6.45) is 1.58. The lowest BCUT2D eigenvalue weighted by molar-refractivity contribution is 0.766. The van der Waals surface area contributed by atoms with Gasteiger partial charge >= 0.3 is 0 Å². The summed E-state index contributed by atoms with van der Waals surface area (Å²) in [7, 11) is 1.82. The van der Waals surface area contributed by atoms with Gasteiger partial charge in [0.1, 0.15) is 0 Å². The highest BCUT2D eigenvalue weighted by atomic mass is 15.3. The highest BCUT2D eigenvalue weighted by Gasteiger charge is 2.10. The highest BCUT2D eigenvalue weighted by molar-refractivity contribution is 5.90. The topological polar surface area (TPSA) is 81.7 Å². The normalized spacial score (nSPS) is 10.7. The molecule has 0 saturated carbocycles. The van der Waals surface area contributed by atoms with Crippen LogP contribution in [0.15, 0.2) is 6.20 Å². The predicted octanol–water partition coefficient (Wildman–Crippen LogP) is -0.0427. The van der Waals surface area contributed by atoms with Gasteiger partial charge in [-0.2, -0.15) is 10.2 Å². The molecule has 0 amide bonds. The first-order chi connectivity index (χ1) is 6.24. The number of aromatic nitrogens is 4. The maximum absolute atomic E-state index is 5.34. The number of hydrazine groups is 1. The van der Waals surface area contributed by atoms with E-state index in [0.29, 0.717) is 0 Å². The van der Waals surface area contributed by atoms with Crippen LogP contribution in [0.5, 0.6) is 0 Å². The quantitative estimate of drug-likeness (QED) is 0.473. The zero-order valence-corrected chi connectivity index (χ0v) is 7.44.